The predicted octanol–water partition coefficient (Wildman–Crippen LogP) is 2.90. The zero-order valence-electron chi connectivity index (χ0n) is 11.1. The molecule has 1 aliphatic rings. The van der Waals surface area contributed by atoms with Gasteiger partial charge in [-0.05, 0) is 24.0 Å². The minimum Gasteiger partial charge on any atom is -0.380 e. The van der Waals surface area contributed by atoms with Gasteiger partial charge in [0, 0.05) is 26.6 Å². The molecule has 1 aromatic rings. The molecule has 3 nitrogen and oxygen atoms in total. The molecule has 0 spiro atoms. The Balaban J connectivity index is 1.88. The summed E-state index contributed by atoms with van der Waals surface area (Å²) in [6.07, 6.45) is 4.89. The Morgan fingerprint density at radius 2 is 2.11 bits per heavy atom. The molecule has 0 amide bonds. The van der Waals surface area contributed by atoms with E-state index < -0.39 is 0 Å². The number of aliphatic imine (C=N–C) groups is 1. The van der Waals surface area contributed by atoms with Gasteiger partial charge in [-0.1, -0.05) is 30.7 Å². The molecule has 0 radical (unpaired) electrons. The third kappa shape index (κ3) is 4.15. The van der Waals surface area contributed by atoms with E-state index in [0.717, 1.165) is 19.5 Å². The Labute approximate surface area is 109 Å². The monoisotopic (exact) mass is 246 g/mol. The molecule has 1 N–H and O–H groups in total. The molecule has 1 aliphatic heterocycles. The van der Waals surface area contributed by atoms with Gasteiger partial charge in [-0.3, -0.25) is 4.99 Å². The summed E-state index contributed by atoms with van der Waals surface area (Å²) in [5, 5.41) is 3.46. The van der Waals surface area contributed by atoms with Crippen LogP contribution in [-0.4, -0.2) is 19.5 Å². The van der Waals surface area contributed by atoms with Crippen molar-refractivity contribution >= 4 is 5.84 Å². The summed E-state index contributed by atoms with van der Waals surface area (Å²) in [5.41, 5.74) is 2.51. The molecule has 0 aromatic heterocycles. The van der Waals surface area contributed by atoms with Crippen molar-refractivity contribution in [2.45, 2.75) is 38.8 Å². The van der Waals surface area contributed by atoms with E-state index in [1.807, 2.05) is 0 Å². The highest BCUT2D eigenvalue weighted by Crippen LogP contribution is 2.09. The Bertz CT molecular complexity index is 401. The Kier molecular flexibility index (Phi) is 5.21. The standard InChI is InChI=1S/C15H22N2O/c1-18-12-14-7-5-6-13(10-14)11-17-15-8-3-2-4-9-16-15/h5-7,10H,2-4,8-9,11-12H2,1H3,(H,16,17). The average molecular weight is 246 g/mol. The zero-order valence-corrected chi connectivity index (χ0v) is 11.1. The second-order valence-electron chi connectivity index (χ2n) is 4.75. The quantitative estimate of drug-likeness (QED) is 0.886. The van der Waals surface area contributed by atoms with Crippen molar-refractivity contribution in [3.63, 3.8) is 0 Å². The molecule has 2 rings (SSSR count). The number of ether oxygens (including phenoxy) is 1. The van der Waals surface area contributed by atoms with Gasteiger partial charge in [0.1, 0.15) is 0 Å². The minimum absolute atomic E-state index is 0.675. The fraction of sp³-hybridized carbons (Fsp3) is 0.533. The maximum absolute atomic E-state index is 5.15. The molecule has 0 aliphatic carbocycles. The van der Waals surface area contributed by atoms with E-state index in [9.17, 15) is 0 Å². The molecule has 3 heteroatoms. The van der Waals surface area contributed by atoms with Crippen LogP contribution in [-0.2, 0) is 17.9 Å². The van der Waals surface area contributed by atoms with E-state index in [-0.39, 0.29) is 0 Å². The van der Waals surface area contributed by atoms with E-state index in [1.165, 1.54) is 36.2 Å². The number of amidine groups is 1. The van der Waals surface area contributed by atoms with Crippen molar-refractivity contribution in [1.82, 2.24) is 5.32 Å². The maximum atomic E-state index is 5.15. The number of nitrogens with one attached hydrogen (secondary N) is 1. The lowest BCUT2D eigenvalue weighted by Gasteiger charge is -2.09. The van der Waals surface area contributed by atoms with E-state index in [0.29, 0.717) is 6.61 Å². The highest BCUT2D eigenvalue weighted by atomic mass is 16.5. The summed E-state index contributed by atoms with van der Waals surface area (Å²) in [6.45, 7) is 2.51. The number of methoxy groups -OCH3 is 1. The van der Waals surface area contributed by atoms with Gasteiger partial charge in [-0.15, -0.1) is 0 Å². The van der Waals surface area contributed by atoms with Crippen LogP contribution in [0, 0.1) is 0 Å². The molecule has 0 bridgehead atoms. The van der Waals surface area contributed by atoms with E-state index in [1.54, 1.807) is 7.11 Å². The second kappa shape index (κ2) is 7.17. The van der Waals surface area contributed by atoms with Crippen LogP contribution in [0.5, 0.6) is 0 Å². The number of nitrogens with zero attached hydrogens (tertiary/aromatic N) is 1. The van der Waals surface area contributed by atoms with Crippen molar-refractivity contribution in [2.24, 2.45) is 4.99 Å². The fourth-order valence-electron chi connectivity index (χ4n) is 2.22. The molecule has 1 aromatic carbocycles. The van der Waals surface area contributed by atoms with Crippen LogP contribution in [0.1, 0.15) is 36.8 Å². The van der Waals surface area contributed by atoms with Crippen molar-refractivity contribution in [3.8, 4) is 0 Å². The van der Waals surface area contributed by atoms with Crippen LogP contribution >= 0.6 is 0 Å². The SMILES string of the molecule is COCc1cccc(CNC2=NCCCCC2)c1. The van der Waals surface area contributed by atoms with Gasteiger partial charge < -0.3 is 10.1 Å². The summed E-state index contributed by atoms with van der Waals surface area (Å²) in [5.74, 6) is 1.17. The van der Waals surface area contributed by atoms with Gasteiger partial charge in [0.25, 0.3) is 0 Å². The van der Waals surface area contributed by atoms with Gasteiger partial charge in [0.2, 0.25) is 0 Å². The molecule has 0 atom stereocenters. The minimum atomic E-state index is 0.675. The first-order valence-corrected chi connectivity index (χ1v) is 6.72. The zero-order chi connectivity index (χ0) is 12.6. The summed E-state index contributed by atoms with van der Waals surface area (Å²) in [6, 6.07) is 8.51. The first-order valence-electron chi connectivity index (χ1n) is 6.72. The van der Waals surface area contributed by atoms with Crippen LogP contribution in [0.3, 0.4) is 0 Å². The molecule has 0 saturated heterocycles. The van der Waals surface area contributed by atoms with Gasteiger partial charge in [-0.2, -0.15) is 0 Å². The van der Waals surface area contributed by atoms with Gasteiger partial charge in [0.15, 0.2) is 0 Å². The number of hydrogen-bond acceptors (Lipinski definition) is 3. The smallest absolute Gasteiger partial charge is 0.0965 e. The van der Waals surface area contributed by atoms with Crippen LogP contribution in [0.15, 0.2) is 29.3 Å². The van der Waals surface area contributed by atoms with E-state index in [4.69, 9.17) is 4.74 Å². The van der Waals surface area contributed by atoms with E-state index in [2.05, 4.69) is 34.6 Å². The highest BCUT2D eigenvalue weighted by molar-refractivity contribution is 5.82. The molecular formula is C15H22N2O. The van der Waals surface area contributed by atoms with Crippen LogP contribution in [0.4, 0.5) is 0 Å². The van der Waals surface area contributed by atoms with E-state index >= 15 is 0 Å². The first kappa shape index (κ1) is 13.1. The summed E-state index contributed by atoms with van der Waals surface area (Å²) < 4.78 is 5.15. The van der Waals surface area contributed by atoms with Gasteiger partial charge in [0.05, 0.1) is 12.4 Å². The molecule has 1 heterocycles. The Hall–Kier alpha value is -1.35. The lowest BCUT2D eigenvalue weighted by atomic mass is 10.1. The lowest BCUT2D eigenvalue weighted by molar-refractivity contribution is 0.185. The summed E-state index contributed by atoms with van der Waals surface area (Å²) in [4.78, 5) is 4.58. The topological polar surface area (TPSA) is 33.6 Å². The molecule has 98 valence electrons. The van der Waals surface area contributed by atoms with Crippen LogP contribution in [0.2, 0.25) is 0 Å². The number of rotatable bonds is 4. The normalized spacial score (nSPS) is 15.9. The molecular weight excluding hydrogens is 224 g/mol. The Morgan fingerprint density at radius 1 is 1.22 bits per heavy atom. The van der Waals surface area contributed by atoms with Crippen molar-refractivity contribution < 1.29 is 4.74 Å². The second-order valence-corrected chi connectivity index (χ2v) is 4.75. The fourth-order valence-corrected chi connectivity index (χ4v) is 2.22. The van der Waals surface area contributed by atoms with Gasteiger partial charge in [-0.25, -0.2) is 0 Å². The van der Waals surface area contributed by atoms with Crippen molar-refractivity contribution in [3.05, 3.63) is 35.4 Å². The van der Waals surface area contributed by atoms with Crippen LogP contribution in [0.25, 0.3) is 0 Å². The van der Waals surface area contributed by atoms with Crippen molar-refractivity contribution in [1.29, 1.82) is 0 Å². The largest absolute Gasteiger partial charge is 0.380 e. The maximum Gasteiger partial charge on any atom is 0.0965 e. The summed E-state index contributed by atoms with van der Waals surface area (Å²) >= 11 is 0. The Morgan fingerprint density at radius 3 is 3.00 bits per heavy atom. The first-order chi connectivity index (χ1) is 8.88. The number of benzene rings is 1. The van der Waals surface area contributed by atoms with Crippen molar-refractivity contribution in [2.75, 3.05) is 13.7 Å². The molecule has 0 unspecified atom stereocenters. The molecule has 0 fully saturated rings. The summed E-state index contributed by atoms with van der Waals surface area (Å²) in [7, 11) is 1.73. The van der Waals surface area contributed by atoms with Gasteiger partial charge >= 0.3 is 0 Å². The lowest BCUT2D eigenvalue weighted by Crippen LogP contribution is -2.22. The predicted molar refractivity (Wildman–Crippen MR) is 74.8 cm³/mol. The third-order valence-electron chi connectivity index (χ3n) is 3.17. The third-order valence-corrected chi connectivity index (χ3v) is 3.17. The molecule has 0 saturated carbocycles. The highest BCUT2D eigenvalue weighted by Gasteiger charge is 2.04. The van der Waals surface area contributed by atoms with Crippen LogP contribution < -0.4 is 5.32 Å². The molecule has 18 heavy (non-hydrogen) atoms. The average Bonchev–Trinajstić information content (AvgIpc) is 2.66. The number of hydrogen-bond donors (Lipinski definition) is 1.